The third-order valence-electron chi connectivity index (χ3n) is 6.53. The van der Waals surface area contributed by atoms with Crippen molar-refractivity contribution in [2.45, 2.75) is 50.3 Å². The monoisotopic (exact) mass is 492 g/mol. The Bertz CT molecular complexity index is 1260. The number of anilines is 1. The van der Waals surface area contributed by atoms with Crippen molar-refractivity contribution in [1.29, 1.82) is 0 Å². The normalized spacial score (nSPS) is 14.1. The quantitative estimate of drug-likeness (QED) is 0.478. The van der Waals surface area contributed by atoms with Crippen molar-refractivity contribution in [2.24, 2.45) is 5.92 Å². The number of sulfonamides is 1. The number of amides is 1. The van der Waals surface area contributed by atoms with Gasteiger partial charge in [0.2, 0.25) is 5.95 Å². The first-order chi connectivity index (χ1) is 16.8. The number of benzene rings is 2. The van der Waals surface area contributed by atoms with E-state index >= 15 is 0 Å². The molecule has 1 aliphatic rings. The molecule has 7 nitrogen and oxygen atoms in total. The molecule has 0 atom stereocenters. The Labute approximate surface area is 207 Å². The zero-order valence-electron chi connectivity index (χ0n) is 20.3. The number of aryl methyl sites for hydroxylation is 1. The molecular formula is C27H32N4O3S. The maximum atomic E-state index is 13.1. The first kappa shape index (κ1) is 24.9. The van der Waals surface area contributed by atoms with Gasteiger partial charge in [0.15, 0.2) is 0 Å². The van der Waals surface area contributed by atoms with Crippen LogP contribution in [-0.2, 0) is 22.9 Å². The first-order valence-corrected chi connectivity index (χ1v) is 13.5. The van der Waals surface area contributed by atoms with E-state index in [0.717, 1.165) is 31.4 Å². The van der Waals surface area contributed by atoms with E-state index in [4.69, 9.17) is 4.98 Å². The van der Waals surface area contributed by atoms with Gasteiger partial charge in [0, 0.05) is 19.8 Å². The Kier molecular flexibility index (Phi) is 7.80. The second-order valence-corrected chi connectivity index (χ2v) is 11.0. The Hall–Kier alpha value is -3.26. The highest BCUT2D eigenvalue weighted by Gasteiger charge is 2.25. The highest BCUT2D eigenvalue weighted by Crippen LogP contribution is 2.29. The van der Waals surface area contributed by atoms with Crippen LogP contribution in [0.3, 0.4) is 0 Å². The first-order valence-electron chi connectivity index (χ1n) is 12.1. The molecular weight excluding hydrogens is 460 g/mol. The van der Waals surface area contributed by atoms with Crippen LogP contribution in [0.5, 0.6) is 0 Å². The average Bonchev–Trinajstić information content (AvgIpc) is 3.36. The Balaban J connectivity index is 1.55. The standard InChI is InChI=1S/C27H32N4O3S/c1-20-12-14-23(15-13-20)35(33,34)30-26(32)24-19-28-27(29-25(24)18-22-10-6-7-11-22)31(2)17-16-21-8-4-3-5-9-21/h3-5,8-9,12-15,19,22H,6-7,10-11,16-18H2,1-2H3,(H,30,32). The van der Waals surface area contributed by atoms with E-state index in [9.17, 15) is 13.2 Å². The molecule has 2 aromatic carbocycles. The van der Waals surface area contributed by atoms with Crippen molar-refractivity contribution in [1.82, 2.24) is 14.7 Å². The maximum Gasteiger partial charge on any atom is 0.268 e. The number of rotatable bonds is 9. The van der Waals surface area contributed by atoms with Gasteiger partial charge in [-0.2, -0.15) is 0 Å². The summed E-state index contributed by atoms with van der Waals surface area (Å²) in [5.41, 5.74) is 2.98. The number of hydrogen-bond donors (Lipinski definition) is 1. The van der Waals surface area contributed by atoms with Gasteiger partial charge in [0.25, 0.3) is 15.9 Å². The number of nitrogens with one attached hydrogen (secondary N) is 1. The Morgan fingerprint density at radius 3 is 2.43 bits per heavy atom. The minimum Gasteiger partial charge on any atom is -0.344 e. The fourth-order valence-corrected chi connectivity index (χ4v) is 5.38. The molecule has 0 saturated heterocycles. The third kappa shape index (κ3) is 6.45. The number of carbonyl (C=O) groups excluding carboxylic acids is 1. The summed E-state index contributed by atoms with van der Waals surface area (Å²) in [6, 6.07) is 16.6. The van der Waals surface area contributed by atoms with Crippen LogP contribution in [0.1, 0.15) is 52.9 Å². The number of hydrogen-bond acceptors (Lipinski definition) is 6. The maximum absolute atomic E-state index is 13.1. The van der Waals surface area contributed by atoms with Crippen LogP contribution in [0.15, 0.2) is 65.7 Å². The summed E-state index contributed by atoms with van der Waals surface area (Å²) in [6.07, 6.45) is 7.46. The average molecular weight is 493 g/mol. The van der Waals surface area contributed by atoms with Crippen LogP contribution in [0, 0.1) is 12.8 Å². The zero-order chi connectivity index (χ0) is 24.8. The lowest BCUT2D eigenvalue weighted by atomic mass is 9.99. The zero-order valence-corrected chi connectivity index (χ0v) is 21.1. The Morgan fingerprint density at radius 2 is 1.74 bits per heavy atom. The van der Waals surface area contributed by atoms with Crippen LogP contribution in [0.2, 0.25) is 0 Å². The molecule has 0 spiro atoms. The molecule has 35 heavy (non-hydrogen) atoms. The SMILES string of the molecule is Cc1ccc(S(=O)(=O)NC(=O)c2cnc(N(C)CCc3ccccc3)nc2CC2CCCC2)cc1. The molecule has 1 aromatic heterocycles. The molecule has 1 N–H and O–H groups in total. The van der Waals surface area contributed by atoms with Crippen molar-refractivity contribution >= 4 is 21.9 Å². The minimum atomic E-state index is -4.00. The van der Waals surface area contributed by atoms with Crippen molar-refractivity contribution in [2.75, 3.05) is 18.5 Å². The summed E-state index contributed by atoms with van der Waals surface area (Å²) >= 11 is 0. The second kappa shape index (κ2) is 11.0. The summed E-state index contributed by atoms with van der Waals surface area (Å²) in [5, 5.41) is 0. The largest absolute Gasteiger partial charge is 0.344 e. The van der Waals surface area contributed by atoms with Crippen molar-refractivity contribution < 1.29 is 13.2 Å². The molecule has 1 fully saturated rings. The number of aromatic nitrogens is 2. The number of nitrogens with zero attached hydrogens (tertiary/aromatic N) is 3. The topological polar surface area (TPSA) is 92.3 Å². The van der Waals surface area contributed by atoms with E-state index in [1.165, 1.54) is 36.7 Å². The molecule has 0 aliphatic heterocycles. The van der Waals surface area contributed by atoms with Crippen molar-refractivity contribution in [3.63, 3.8) is 0 Å². The van der Waals surface area contributed by atoms with E-state index in [1.54, 1.807) is 12.1 Å². The fourth-order valence-electron chi connectivity index (χ4n) is 4.42. The molecule has 0 radical (unpaired) electrons. The van der Waals surface area contributed by atoms with Gasteiger partial charge in [-0.1, -0.05) is 73.7 Å². The molecule has 4 rings (SSSR count). The summed E-state index contributed by atoms with van der Waals surface area (Å²) in [6.45, 7) is 2.60. The van der Waals surface area contributed by atoms with Gasteiger partial charge in [-0.15, -0.1) is 0 Å². The molecule has 1 saturated carbocycles. The molecule has 1 aliphatic carbocycles. The van der Waals surface area contributed by atoms with E-state index in [1.807, 2.05) is 37.1 Å². The van der Waals surface area contributed by atoms with Gasteiger partial charge >= 0.3 is 0 Å². The molecule has 8 heteroatoms. The van der Waals surface area contributed by atoms with E-state index in [2.05, 4.69) is 21.8 Å². The van der Waals surface area contributed by atoms with Crippen molar-refractivity contribution in [3.8, 4) is 0 Å². The Morgan fingerprint density at radius 1 is 1.06 bits per heavy atom. The number of likely N-dealkylation sites (N-methyl/N-ethyl adjacent to an activating group) is 1. The highest BCUT2D eigenvalue weighted by atomic mass is 32.2. The highest BCUT2D eigenvalue weighted by molar-refractivity contribution is 7.90. The third-order valence-corrected chi connectivity index (χ3v) is 7.88. The number of carbonyl (C=O) groups is 1. The smallest absolute Gasteiger partial charge is 0.268 e. The van der Waals surface area contributed by atoms with Gasteiger partial charge in [-0.05, 0) is 43.4 Å². The van der Waals surface area contributed by atoms with E-state index in [-0.39, 0.29) is 10.5 Å². The predicted octanol–water partition coefficient (Wildman–Crippen LogP) is 4.32. The van der Waals surface area contributed by atoms with Gasteiger partial charge in [0.05, 0.1) is 16.2 Å². The second-order valence-electron chi connectivity index (χ2n) is 9.29. The van der Waals surface area contributed by atoms with Crippen LogP contribution >= 0.6 is 0 Å². The van der Waals surface area contributed by atoms with Crippen LogP contribution in [0.4, 0.5) is 5.95 Å². The molecule has 184 valence electrons. The van der Waals surface area contributed by atoms with Gasteiger partial charge in [-0.25, -0.2) is 23.1 Å². The van der Waals surface area contributed by atoms with Gasteiger partial charge in [0.1, 0.15) is 0 Å². The molecule has 1 heterocycles. The van der Waals surface area contributed by atoms with Crippen LogP contribution < -0.4 is 9.62 Å². The summed E-state index contributed by atoms with van der Waals surface area (Å²) in [4.78, 5) is 24.3. The lowest BCUT2D eigenvalue weighted by Gasteiger charge is -2.20. The molecule has 1 amide bonds. The van der Waals surface area contributed by atoms with Crippen molar-refractivity contribution in [3.05, 3.63) is 83.2 Å². The van der Waals surface area contributed by atoms with Crippen LogP contribution in [0.25, 0.3) is 0 Å². The summed E-state index contributed by atoms with van der Waals surface area (Å²) in [5.74, 6) is 0.275. The molecule has 0 unspecified atom stereocenters. The fraction of sp³-hybridized carbons (Fsp3) is 0.370. The summed E-state index contributed by atoms with van der Waals surface area (Å²) in [7, 11) is -2.07. The predicted molar refractivity (Wildman–Crippen MR) is 137 cm³/mol. The van der Waals surface area contributed by atoms with Gasteiger partial charge < -0.3 is 4.90 Å². The van der Waals surface area contributed by atoms with Crippen LogP contribution in [-0.4, -0.2) is 37.9 Å². The van der Waals surface area contributed by atoms with Gasteiger partial charge in [-0.3, -0.25) is 4.79 Å². The van der Waals surface area contributed by atoms with E-state index < -0.39 is 15.9 Å². The lowest BCUT2D eigenvalue weighted by Crippen LogP contribution is -2.32. The molecule has 3 aromatic rings. The minimum absolute atomic E-state index is 0.0481. The molecule has 0 bridgehead atoms. The summed E-state index contributed by atoms with van der Waals surface area (Å²) < 4.78 is 27.8. The lowest BCUT2D eigenvalue weighted by molar-refractivity contribution is 0.0979. The van der Waals surface area contributed by atoms with E-state index in [0.29, 0.717) is 24.0 Å².